The summed E-state index contributed by atoms with van der Waals surface area (Å²) in [6.45, 7) is 6.35. The van der Waals surface area contributed by atoms with E-state index in [4.69, 9.17) is 5.73 Å². The Morgan fingerprint density at radius 3 is 2.54 bits per heavy atom. The van der Waals surface area contributed by atoms with Gasteiger partial charge in [0.1, 0.15) is 6.04 Å². The molecule has 1 aliphatic rings. The van der Waals surface area contributed by atoms with Crippen molar-refractivity contribution in [2.75, 3.05) is 24.5 Å². The molecule has 3 N–H and O–H groups in total. The number of nitrogens with zero attached hydrogens (tertiary/aromatic N) is 2. The highest BCUT2D eigenvalue weighted by Crippen LogP contribution is 2.24. The zero-order valence-corrected chi connectivity index (χ0v) is 15.6. The van der Waals surface area contributed by atoms with Crippen molar-refractivity contribution in [3.8, 4) is 0 Å². The number of nitrogens with one attached hydrogen (secondary N) is 1. The maximum absolute atomic E-state index is 12.8. The van der Waals surface area contributed by atoms with Gasteiger partial charge in [0.25, 0.3) is 0 Å². The molecule has 26 heavy (non-hydrogen) atoms. The van der Waals surface area contributed by atoms with E-state index >= 15 is 0 Å². The molecule has 1 heterocycles. The van der Waals surface area contributed by atoms with Crippen LogP contribution in [0.3, 0.4) is 0 Å². The molecule has 0 aromatic heterocycles. The molecule has 0 spiro atoms. The number of amides is 3. The second-order valence-corrected chi connectivity index (χ2v) is 6.80. The molecule has 0 saturated carbocycles. The number of carbonyl (C=O) groups is 3. The number of rotatable bonds is 7. The summed E-state index contributed by atoms with van der Waals surface area (Å²) in [5.41, 5.74) is 6.62. The van der Waals surface area contributed by atoms with Crippen molar-refractivity contribution in [1.82, 2.24) is 10.2 Å². The minimum absolute atomic E-state index is 0.0109. The first kappa shape index (κ1) is 19.9. The molecule has 142 valence electrons. The van der Waals surface area contributed by atoms with Crippen molar-refractivity contribution < 1.29 is 14.4 Å². The Kier molecular flexibility index (Phi) is 6.74. The molecule has 1 fully saturated rings. The van der Waals surface area contributed by atoms with Gasteiger partial charge in [-0.2, -0.15) is 0 Å². The molecule has 0 radical (unpaired) electrons. The molecule has 7 nitrogen and oxygen atoms in total. The van der Waals surface area contributed by atoms with Crippen LogP contribution in [0.15, 0.2) is 30.3 Å². The molecule has 1 unspecified atom stereocenters. The van der Waals surface area contributed by atoms with Crippen LogP contribution < -0.4 is 16.0 Å². The smallest absolute Gasteiger partial charge is 0.249 e. The Morgan fingerprint density at radius 2 is 1.96 bits per heavy atom. The Labute approximate surface area is 154 Å². The van der Waals surface area contributed by atoms with Crippen LogP contribution in [0.4, 0.5) is 5.69 Å². The number of hydrogen-bond donors (Lipinski definition) is 2. The SMILES string of the molecule is CCN(C(=O)CNC(=O)[C@@H](N)C(C)C)C1CCN(c2ccccc2)C1=O. The van der Waals surface area contributed by atoms with E-state index in [2.05, 4.69) is 5.32 Å². The van der Waals surface area contributed by atoms with Crippen LogP contribution in [0.25, 0.3) is 0 Å². The molecule has 1 aliphatic heterocycles. The van der Waals surface area contributed by atoms with Gasteiger partial charge in [0.05, 0.1) is 12.6 Å². The Balaban J connectivity index is 1.98. The third-order valence-electron chi connectivity index (χ3n) is 4.72. The van der Waals surface area contributed by atoms with Crippen LogP contribution >= 0.6 is 0 Å². The van der Waals surface area contributed by atoms with Crippen LogP contribution in [0.2, 0.25) is 0 Å². The maximum atomic E-state index is 12.8. The van der Waals surface area contributed by atoms with Gasteiger partial charge in [-0.3, -0.25) is 14.4 Å². The lowest BCUT2D eigenvalue weighted by Gasteiger charge is -2.27. The Morgan fingerprint density at radius 1 is 1.31 bits per heavy atom. The van der Waals surface area contributed by atoms with Gasteiger partial charge in [0.15, 0.2) is 0 Å². The predicted molar refractivity (Wildman–Crippen MR) is 100 cm³/mol. The van der Waals surface area contributed by atoms with Crippen molar-refractivity contribution in [2.45, 2.75) is 39.3 Å². The Hall–Kier alpha value is -2.41. The molecule has 2 rings (SSSR count). The lowest BCUT2D eigenvalue weighted by molar-refractivity contribution is -0.138. The minimum Gasteiger partial charge on any atom is -0.346 e. The summed E-state index contributed by atoms with van der Waals surface area (Å²) in [5, 5.41) is 2.58. The van der Waals surface area contributed by atoms with E-state index in [0.717, 1.165) is 5.69 Å². The zero-order valence-electron chi connectivity index (χ0n) is 15.6. The maximum Gasteiger partial charge on any atom is 0.249 e. The third kappa shape index (κ3) is 4.40. The molecule has 1 aromatic rings. The molecule has 1 aromatic carbocycles. The molecule has 1 saturated heterocycles. The van der Waals surface area contributed by atoms with Gasteiger partial charge in [-0.25, -0.2) is 0 Å². The van der Waals surface area contributed by atoms with E-state index in [1.54, 1.807) is 4.90 Å². The minimum atomic E-state index is -0.653. The van der Waals surface area contributed by atoms with Crippen molar-refractivity contribution >= 4 is 23.4 Å². The van der Waals surface area contributed by atoms with Gasteiger partial charge in [-0.15, -0.1) is 0 Å². The van der Waals surface area contributed by atoms with Crippen molar-refractivity contribution in [3.63, 3.8) is 0 Å². The number of nitrogens with two attached hydrogens (primary N) is 1. The van der Waals surface area contributed by atoms with Crippen LogP contribution in [0, 0.1) is 5.92 Å². The summed E-state index contributed by atoms with van der Waals surface area (Å²) in [4.78, 5) is 40.5. The van der Waals surface area contributed by atoms with Crippen molar-refractivity contribution in [2.24, 2.45) is 11.7 Å². The van der Waals surface area contributed by atoms with E-state index in [0.29, 0.717) is 19.5 Å². The zero-order chi connectivity index (χ0) is 19.3. The first-order valence-corrected chi connectivity index (χ1v) is 9.06. The van der Waals surface area contributed by atoms with Gasteiger partial charge in [-0.1, -0.05) is 32.0 Å². The average Bonchev–Trinajstić information content (AvgIpc) is 3.01. The molecule has 3 amide bonds. The summed E-state index contributed by atoms with van der Waals surface area (Å²) in [6, 6.07) is 8.27. The van der Waals surface area contributed by atoms with E-state index < -0.39 is 12.1 Å². The fourth-order valence-corrected chi connectivity index (χ4v) is 3.07. The quantitative estimate of drug-likeness (QED) is 0.750. The fourth-order valence-electron chi connectivity index (χ4n) is 3.07. The van der Waals surface area contributed by atoms with E-state index in [1.807, 2.05) is 51.1 Å². The lowest BCUT2D eigenvalue weighted by Crippen LogP contribution is -2.51. The standard InChI is InChI=1S/C19H28N4O3/c1-4-22(16(24)12-21-18(25)17(20)13(2)3)15-10-11-23(19(15)26)14-8-6-5-7-9-14/h5-9,13,15,17H,4,10-12,20H2,1-3H3,(H,21,25)/t15?,17-/m0/s1. The first-order valence-electron chi connectivity index (χ1n) is 9.06. The van der Waals surface area contributed by atoms with Gasteiger partial charge in [-0.05, 0) is 31.4 Å². The molecule has 0 aliphatic carbocycles. The normalized spacial score (nSPS) is 18.1. The predicted octanol–water partition coefficient (Wildman–Crippen LogP) is 0.740. The number of para-hydroxylation sites is 1. The lowest BCUT2D eigenvalue weighted by atomic mass is 10.1. The number of anilines is 1. The number of benzene rings is 1. The molecule has 2 atom stereocenters. The van der Waals surface area contributed by atoms with Crippen molar-refractivity contribution in [1.29, 1.82) is 0 Å². The van der Waals surface area contributed by atoms with Gasteiger partial charge in [0, 0.05) is 18.8 Å². The van der Waals surface area contributed by atoms with E-state index in [9.17, 15) is 14.4 Å². The highest BCUT2D eigenvalue weighted by Gasteiger charge is 2.38. The summed E-state index contributed by atoms with van der Waals surface area (Å²) in [7, 11) is 0. The largest absolute Gasteiger partial charge is 0.346 e. The highest BCUT2D eigenvalue weighted by atomic mass is 16.2. The number of likely N-dealkylation sites (N-methyl/N-ethyl adjacent to an activating group) is 1. The summed E-state index contributed by atoms with van der Waals surface area (Å²) < 4.78 is 0. The first-order chi connectivity index (χ1) is 12.4. The molecular weight excluding hydrogens is 332 g/mol. The molecule has 7 heteroatoms. The van der Waals surface area contributed by atoms with E-state index in [1.165, 1.54) is 4.90 Å². The topological polar surface area (TPSA) is 95.7 Å². The summed E-state index contributed by atoms with van der Waals surface area (Å²) in [6.07, 6.45) is 0.576. The monoisotopic (exact) mass is 360 g/mol. The van der Waals surface area contributed by atoms with Crippen LogP contribution in [0.5, 0.6) is 0 Å². The van der Waals surface area contributed by atoms with Crippen LogP contribution in [-0.2, 0) is 14.4 Å². The van der Waals surface area contributed by atoms with Gasteiger partial charge >= 0.3 is 0 Å². The molecule has 0 bridgehead atoms. The van der Waals surface area contributed by atoms with Gasteiger partial charge in [0.2, 0.25) is 17.7 Å². The second kappa shape index (κ2) is 8.80. The summed E-state index contributed by atoms with van der Waals surface area (Å²) >= 11 is 0. The Bertz CT molecular complexity index is 647. The number of carbonyl (C=O) groups excluding carboxylic acids is 3. The highest BCUT2D eigenvalue weighted by molar-refractivity contribution is 6.01. The second-order valence-electron chi connectivity index (χ2n) is 6.80. The van der Waals surface area contributed by atoms with E-state index in [-0.39, 0.29) is 30.2 Å². The summed E-state index contributed by atoms with van der Waals surface area (Å²) in [5.74, 6) is -0.724. The fraction of sp³-hybridized carbons (Fsp3) is 0.526. The van der Waals surface area contributed by atoms with Gasteiger partial charge < -0.3 is 20.9 Å². The van der Waals surface area contributed by atoms with Crippen LogP contribution in [0.1, 0.15) is 27.2 Å². The number of hydrogen-bond acceptors (Lipinski definition) is 4. The third-order valence-corrected chi connectivity index (χ3v) is 4.72. The van der Waals surface area contributed by atoms with Crippen molar-refractivity contribution in [3.05, 3.63) is 30.3 Å². The average molecular weight is 360 g/mol. The molecular formula is C19H28N4O3. The van der Waals surface area contributed by atoms with Crippen LogP contribution in [-0.4, -0.2) is 54.3 Å².